The van der Waals surface area contributed by atoms with Crippen LogP contribution in [0.25, 0.3) is 11.3 Å². The SMILES string of the molecule is OCCNC1CCN(c2ccc(-c3c(F)cccc3F)nn2)CC1. The van der Waals surface area contributed by atoms with Gasteiger partial charge < -0.3 is 15.3 Å². The smallest absolute Gasteiger partial charge is 0.151 e. The highest BCUT2D eigenvalue weighted by molar-refractivity contribution is 5.61. The number of rotatable bonds is 5. The third-order valence-corrected chi connectivity index (χ3v) is 4.23. The Balaban J connectivity index is 1.68. The number of aliphatic hydroxyl groups excluding tert-OH is 1. The van der Waals surface area contributed by atoms with E-state index in [-0.39, 0.29) is 17.9 Å². The van der Waals surface area contributed by atoms with Gasteiger partial charge in [-0.1, -0.05) is 6.07 Å². The number of piperidine rings is 1. The van der Waals surface area contributed by atoms with Crippen LogP contribution < -0.4 is 10.2 Å². The predicted molar refractivity (Wildman–Crippen MR) is 87.7 cm³/mol. The van der Waals surface area contributed by atoms with Crippen LogP contribution in [0.2, 0.25) is 0 Å². The fraction of sp³-hybridized carbons (Fsp3) is 0.412. The first-order valence-electron chi connectivity index (χ1n) is 8.06. The largest absolute Gasteiger partial charge is 0.395 e. The molecule has 1 aromatic carbocycles. The molecule has 3 rings (SSSR count). The Morgan fingerprint density at radius 3 is 2.38 bits per heavy atom. The van der Waals surface area contributed by atoms with Gasteiger partial charge in [0.2, 0.25) is 0 Å². The van der Waals surface area contributed by atoms with Crippen LogP contribution in [0.3, 0.4) is 0 Å². The number of halogens is 2. The summed E-state index contributed by atoms with van der Waals surface area (Å²) in [6.07, 6.45) is 1.90. The van der Waals surface area contributed by atoms with Crippen molar-refractivity contribution in [2.24, 2.45) is 0 Å². The third-order valence-electron chi connectivity index (χ3n) is 4.23. The molecule has 1 aromatic heterocycles. The van der Waals surface area contributed by atoms with Gasteiger partial charge in [0.1, 0.15) is 11.6 Å². The monoisotopic (exact) mass is 334 g/mol. The highest BCUT2D eigenvalue weighted by Gasteiger charge is 2.20. The van der Waals surface area contributed by atoms with Gasteiger partial charge >= 0.3 is 0 Å². The molecule has 2 N–H and O–H groups in total. The normalized spacial score (nSPS) is 15.7. The van der Waals surface area contributed by atoms with Crippen molar-refractivity contribution < 1.29 is 13.9 Å². The number of hydrogen-bond acceptors (Lipinski definition) is 5. The average Bonchev–Trinajstić information content (AvgIpc) is 2.61. The minimum Gasteiger partial charge on any atom is -0.395 e. The van der Waals surface area contributed by atoms with Gasteiger partial charge in [0.25, 0.3) is 0 Å². The van der Waals surface area contributed by atoms with Gasteiger partial charge in [-0.15, -0.1) is 10.2 Å². The lowest BCUT2D eigenvalue weighted by atomic mass is 10.1. The molecule has 0 atom stereocenters. The van der Waals surface area contributed by atoms with Gasteiger partial charge in [0, 0.05) is 25.7 Å². The summed E-state index contributed by atoms with van der Waals surface area (Å²) in [5.74, 6) is -0.586. The first-order chi connectivity index (χ1) is 11.7. The number of nitrogens with one attached hydrogen (secondary N) is 1. The fourth-order valence-corrected chi connectivity index (χ4v) is 2.95. The van der Waals surface area contributed by atoms with Gasteiger partial charge in [-0.2, -0.15) is 0 Å². The standard InChI is InChI=1S/C17H20F2N4O/c18-13-2-1-3-14(19)17(13)15-4-5-16(22-21-15)23-9-6-12(7-10-23)20-8-11-24/h1-5,12,20,24H,6-11H2. The lowest BCUT2D eigenvalue weighted by Gasteiger charge is -2.32. The summed E-state index contributed by atoms with van der Waals surface area (Å²) in [4.78, 5) is 2.10. The molecule has 0 spiro atoms. The second kappa shape index (κ2) is 7.63. The Morgan fingerprint density at radius 1 is 1.08 bits per heavy atom. The van der Waals surface area contributed by atoms with Crippen LogP contribution in [0.5, 0.6) is 0 Å². The lowest BCUT2D eigenvalue weighted by Crippen LogP contribution is -2.43. The minimum absolute atomic E-state index is 0.139. The summed E-state index contributed by atoms with van der Waals surface area (Å²) in [7, 11) is 0. The maximum Gasteiger partial charge on any atom is 0.151 e. The van der Waals surface area contributed by atoms with E-state index in [1.165, 1.54) is 18.2 Å². The fourth-order valence-electron chi connectivity index (χ4n) is 2.95. The van der Waals surface area contributed by atoms with Crippen LogP contribution in [0.15, 0.2) is 30.3 Å². The topological polar surface area (TPSA) is 61.3 Å². The predicted octanol–water partition coefficient (Wildman–Crippen LogP) is 1.97. The molecule has 0 bridgehead atoms. The highest BCUT2D eigenvalue weighted by atomic mass is 19.1. The lowest BCUT2D eigenvalue weighted by molar-refractivity contribution is 0.277. The number of anilines is 1. The van der Waals surface area contributed by atoms with Gasteiger partial charge in [0.05, 0.1) is 17.9 Å². The first kappa shape index (κ1) is 16.7. The molecule has 24 heavy (non-hydrogen) atoms. The Morgan fingerprint density at radius 2 is 1.79 bits per heavy atom. The zero-order valence-corrected chi connectivity index (χ0v) is 13.3. The highest BCUT2D eigenvalue weighted by Crippen LogP contribution is 2.25. The maximum absolute atomic E-state index is 13.8. The molecule has 1 aliphatic heterocycles. The molecule has 128 valence electrons. The van der Waals surface area contributed by atoms with E-state index in [0.717, 1.165) is 25.9 Å². The van der Waals surface area contributed by atoms with E-state index in [1.807, 2.05) is 0 Å². The van der Waals surface area contributed by atoms with Crippen LogP contribution in [-0.4, -0.2) is 47.6 Å². The molecule has 1 saturated heterocycles. The van der Waals surface area contributed by atoms with Crippen LogP contribution in [-0.2, 0) is 0 Å². The number of benzene rings is 1. The van der Waals surface area contributed by atoms with E-state index in [9.17, 15) is 8.78 Å². The molecule has 1 fully saturated rings. The average molecular weight is 334 g/mol. The summed E-state index contributed by atoms with van der Waals surface area (Å²) in [5, 5.41) is 20.3. The van der Waals surface area contributed by atoms with Crippen molar-refractivity contribution in [1.82, 2.24) is 15.5 Å². The molecule has 0 radical (unpaired) electrons. The van der Waals surface area contributed by atoms with Crippen molar-refractivity contribution in [2.75, 3.05) is 31.1 Å². The Labute approximate surface area is 139 Å². The molecule has 0 saturated carbocycles. The van der Waals surface area contributed by atoms with Crippen molar-refractivity contribution in [3.8, 4) is 11.3 Å². The minimum atomic E-state index is -0.646. The van der Waals surface area contributed by atoms with Gasteiger partial charge in [-0.05, 0) is 37.1 Å². The molecule has 5 nitrogen and oxygen atoms in total. The zero-order chi connectivity index (χ0) is 16.9. The molecule has 1 aliphatic rings. The quantitative estimate of drug-likeness (QED) is 0.875. The molecule has 2 aromatic rings. The molecular formula is C17H20F2N4O. The second-order valence-electron chi connectivity index (χ2n) is 5.81. The van der Waals surface area contributed by atoms with Crippen LogP contribution in [0, 0.1) is 11.6 Å². The number of hydrogen-bond donors (Lipinski definition) is 2. The second-order valence-corrected chi connectivity index (χ2v) is 5.81. The van der Waals surface area contributed by atoms with E-state index < -0.39 is 11.6 Å². The van der Waals surface area contributed by atoms with Gasteiger partial charge in [0.15, 0.2) is 5.82 Å². The van der Waals surface area contributed by atoms with Crippen molar-refractivity contribution in [2.45, 2.75) is 18.9 Å². The number of aromatic nitrogens is 2. The molecule has 2 heterocycles. The molecule has 0 unspecified atom stereocenters. The van der Waals surface area contributed by atoms with Gasteiger partial charge in [-0.3, -0.25) is 0 Å². The van der Waals surface area contributed by atoms with Crippen molar-refractivity contribution in [1.29, 1.82) is 0 Å². The summed E-state index contributed by atoms with van der Waals surface area (Å²) < 4.78 is 27.6. The Bertz CT molecular complexity index is 653. The molecule has 0 amide bonds. The van der Waals surface area contributed by atoms with E-state index in [1.54, 1.807) is 12.1 Å². The summed E-state index contributed by atoms with van der Waals surface area (Å²) in [5.41, 5.74) is 0.0392. The van der Waals surface area contributed by atoms with Crippen molar-refractivity contribution >= 4 is 5.82 Å². The third kappa shape index (κ3) is 3.68. The number of nitrogens with zero attached hydrogens (tertiary/aromatic N) is 3. The van der Waals surface area contributed by atoms with E-state index >= 15 is 0 Å². The maximum atomic E-state index is 13.8. The van der Waals surface area contributed by atoms with E-state index in [2.05, 4.69) is 20.4 Å². The Hall–Kier alpha value is -2.12. The van der Waals surface area contributed by atoms with Crippen LogP contribution >= 0.6 is 0 Å². The Kier molecular flexibility index (Phi) is 5.32. The zero-order valence-electron chi connectivity index (χ0n) is 13.3. The van der Waals surface area contributed by atoms with Crippen molar-refractivity contribution in [3.05, 3.63) is 42.0 Å². The van der Waals surface area contributed by atoms with Crippen LogP contribution in [0.4, 0.5) is 14.6 Å². The summed E-state index contributed by atoms with van der Waals surface area (Å²) in [6, 6.07) is 7.48. The van der Waals surface area contributed by atoms with E-state index in [4.69, 9.17) is 5.11 Å². The summed E-state index contributed by atoms with van der Waals surface area (Å²) >= 11 is 0. The molecule has 0 aliphatic carbocycles. The summed E-state index contributed by atoms with van der Waals surface area (Å²) in [6.45, 7) is 2.39. The molecular weight excluding hydrogens is 314 g/mol. The molecule has 7 heteroatoms. The number of aliphatic hydroxyl groups is 1. The van der Waals surface area contributed by atoms with Gasteiger partial charge in [-0.25, -0.2) is 8.78 Å². The van der Waals surface area contributed by atoms with E-state index in [0.29, 0.717) is 18.4 Å². The van der Waals surface area contributed by atoms with Crippen molar-refractivity contribution in [3.63, 3.8) is 0 Å². The first-order valence-corrected chi connectivity index (χ1v) is 8.06. The van der Waals surface area contributed by atoms with Crippen LogP contribution in [0.1, 0.15) is 12.8 Å².